The maximum atomic E-state index is 13.9. The summed E-state index contributed by atoms with van der Waals surface area (Å²) in [4.78, 5) is 16.0. The van der Waals surface area contributed by atoms with E-state index in [2.05, 4.69) is 4.99 Å². The minimum atomic E-state index is -0.741. The number of carbonyl (C=O) groups excluding carboxylic acids is 1. The minimum absolute atomic E-state index is 0.00791. The molecule has 2 unspecified atom stereocenters. The van der Waals surface area contributed by atoms with Crippen molar-refractivity contribution >= 4 is 22.8 Å². The Bertz CT molecular complexity index is 571. The summed E-state index contributed by atoms with van der Waals surface area (Å²) in [6, 6.07) is 0. The van der Waals surface area contributed by atoms with Crippen LogP contribution in [0.3, 0.4) is 0 Å². The van der Waals surface area contributed by atoms with E-state index in [1.807, 2.05) is 6.08 Å². The predicted molar refractivity (Wildman–Crippen MR) is 90.6 cm³/mol. The molecule has 0 saturated heterocycles. The van der Waals surface area contributed by atoms with Gasteiger partial charge in [-0.15, -0.1) is 0 Å². The number of hydrogen-bond donors (Lipinski definition) is 1. The van der Waals surface area contributed by atoms with Crippen LogP contribution in [0, 0.1) is 5.92 Å². The molecule has 126 valence electrons. The number of allylic oxidation sites excluding steroid dienone is 3. The van der Waals surface area contributed by atoms with Crippen LogP contribution >= 0.6 is 11.8 Å². The van der Waals surface area contributed by atoms with E-state index in [4.69, 9.17) is 10.5 Å². The smallest absolute Gasteiger partial charge is 0.286 e. The number of aliphatic imine (C=N–C) groups is 1. The van der Waals surface area contributed by atoms with Gasteiger partial charge in [0.1, 0.15) is 6.17 Å². The van der Waals surface area contributed by atoms with Gasteiger partial charge in [0, 0.05) is 12.3 Å². The van der Waals surface area contributed by atoms with Crippen LogP contribution in [0.15, 0.2) is 27.3 Å². The summed E-state index contributed by atoms with van der Waals surface area (Å²) in [5, 5.41) is 0.294. The Morgan fingerprint density at radius 2 is 2.04 bits per heavy atom. The summed E-state index contributed by atoms with van der Waals surface area (Å²) in [6.45, 7) is 0.447. The highest BCUT2D eigenvalue weighted by Gasteiger charge is 2.26. The highest BCUT2D eigenvalue weighted by Crippen LogP contribution is 2.33. The molecule has 23 heavy (non-hydrogen) atoms. The van der Waals surface area contributed by atoms with Crippen molar-refractivity contribution in [1.29, 1.82) is 0 Å². The first-order valence-corrected chi connectivity index (χ1v) is 9.22. The Kier molecular flexibility index (Phi) is 5.41. The number of halogens is 1. The summed E-state index contributed by atoms with van der Waals surface area (Å²) in [7, 11) is 0. The molecule has 2 atom stereocenters. The van der Waals surface area contributed by atoms with Crippen molar-refractivity contribution < 1.29 is 13.9 Å². The molecule has 0 aromatic rings. The fourth-order valence-corrected chi connectivity index (χ4v) is 4.05. The summed E-state index contributed by atoms with van der Waals surface area (Å²) < 4.78 is 19.9. The molecular formula is C17H23FN2O2S. The van der Waals surface area contributed by atoms with E-state index in [1.54, 1.807) is 0 Å². The lowest BCUT2D eigenvalue weighted by Gasteiger charge is -2.27. The molecule has 1 saturated carbocycles. The van der Waals surface area contributed by atoms with Crippen LogP contribution < -0.4 is 5.73 Å². The summed E-state index contributed by atoms with van der Waals surface area (Å²) >= 11 is 1.21. The Morgan fingerprint density at radius 1 is 1.26 bits per heavy atom. The number of thioether (sulfide) groups is 1. The van der Waals surface area contributed by atoms with Crippen molar-refractivity contribution in [3.05, 3.63) is 22.3 Å². The number of carbonyl (C=O) groups is 1. The average Bonchev–Trinajstić information content (AvgIpc) is 2.85. The number of nitrogens with two attached hydrogens (primary N) is 1. The molecule has 4 nitrogen and oxygen atoms in total. The van der Waals surface area contributed by atoms with Crippen LogP contribution in [-0.4, -0.2) is 23.9 Å². The Morgan fingerprint density at radius 3 is 2.78 bits per heavy atom. The second-order valence-corrected chi connectivity index (χ2v) is 7.46. The van der Waals surface area contributed by atoms with Gasteiger partial charge in [0.25, 0.3) is 5.91 Å². The van der Waals surface area contributed by atoms with Gasteiger partial charge < -0.3 is 10.5 Å². The highest BCUT2D eigenvalue weighted by atomic mass is 32.2. The number of ether oxygens (including phenoxy) is 1. The number of amides is 1. The molecule has 1 aliphatic heterocycles. The predicted octanol–water partition coefficient (Wildman–Crippen LogP) is 3.83. The van der Waals surface area contributed by atoms with Crippen LogP contribution in [0.4, 0.5) is 4.39 Å². The lowest BCUT2D eigenvalue weighted by molar-refractivity contribution is -0.113. The molecule has 2 aliphatic carbocycles. The Balaban J connectivity index is 1.68. The lowest BCUT2D eigenvalue weighted by Crippen LogP contribution is -2.25. The van der Waals surface area contributed by atoms with Crippen LogP contribution in [0.2, 0.25) is 0 Å². The van der Waals surface area contributed by atoms with Gasteiger partial charge in [0.05, 0.1) is 17.3 Å². The Labute approximate surface area is 140 Å². The third-order valence-electron chi connectivity index (χ3n) is 4.69. The van der Waals surface area contributed by atoms with E-state index in [0.717, 1.165) is 56.3 Å². The molecule has 6 heteroatoms. The second kappa shape index (κ2) is 7.51. The minimum Gasteiger partial charge on any atom is -0.497 e. The molecule has 1 fully saturated rings. The van der Waals surface area contributed by atoms with E-state index in [9.17, 15) is 9.18 Å². The Hall–Kier alpha value is -1.30. The van der Waals surface area contributed by atoms with Gasteiger partial charge in [-0.2, -0.15) is 4.99 Å². The van der Waals surface area contributed by atoms with Gasteiger partial charge in [0.15, 0.2) is 5.17 Å². The van der Waals surface area contributed by atoms with Crippen molar-refractivity contribution in [2.24, 2.45) is 16.6 Å². The molecular weight excluding hydrogens is 315 g/mol. The number of hydrogen-bond acceptors (Lipinski definition) is 4. The fraction of sp³-hybridized carbons (Fsp3) is 0.647. The zero-order chi connectivity index (χ0) is 16.2. The number of rotatable bonds is 4. The van der Waals surface area contributed by atoms with E-state index in [1.165, 1.54) is 11.8 Å². The van der Waals surface area contributed by atoms with E-state index < -0.39 is 6.17 Å². The maximum absolute atomic E-state index is 13.9. The summed E-state index contributed by atoms with van der Waals surface area (Å²) in [5.74, 6) is 0.648. The van der Waals surface area contributed by atoms with Crippen molar-refractivity contribution in [1.82, 2.24) is 0 Å². The van der Waals surface area contributed by atoms with E-state index in [0.29, 0.717) is 23.1 Å². The average molecular weight is 338 g/mol. The quantitative estimate of drug-likeness (QED) is 0.791. The van der Waals surface area contributed by atoms with Crippen LogP contribution in [-0.2, 0) is 9.53 Å². The van der Waals surface area contributed by atoms with Crippen molar-refractivity contribution in [3.63, 3.8) is 0 Å². The molecule has 1 heterocycles. The largest absolute Gasteiger partial charge is 0.497 e. The number of amidine groups is 1. The number of alkyl halides is 1. The zero-order valence-electron chi connectivity index (χ0n) is 13.2. The van der Waals surface area contributed by atoms with Gasteiger partial charge >= 0.3 is 0 Å². The molecule has 1 amide bonds. The summed E-state index contributed by atoms with van der Waals surface area (Å²) in [6.07, 6.45) is 8.66. The molecule has 3 aliphatic rings. The van der Waals surface area contributed by atoms with Crippen molar-refractivity contribution in [3.8, 4) is 0 Å². The standard InChI is InChI=1S/C17H23FN2O2S/c18-13-7-3-1-6-12(13)10-22-14-8-4-2-5-11(14)9-15-16(21)20-17(19)23-15/h9,12-13H,1-8,10H2,(H2,19,20,21)/b15-9-. The van der Waals surface area contributed by atoms with Gasteiger partial charge in [-0.1, -0.05) is 12.8 Å². The molecule has 3 rings (SSSR count). The van der Waals surface area contributed by atoms with Gasteiger partial charge in [-0.3, -0.25) is 4.79 Å². The lowest BCUT2D eigenvalue weighted by atomic mass is 9.88. The van der Waals surface area contributed by atoms with Crippen molar-refractivity contribution in [2.75, 3.05) is 6.61 Å². The first kappa shape index (κ1) is 16.6. The first-order chi connectivity index (χ1) is 11.1. The van der Waals surface area contributed by atoms with Gasteiger partial charge in [0.2, 0.25) is 0 Å². The van der Waals surface area contributed by atoms with Crippen LogP contribution in [0.1, 0.15) is 51.4 Å². The molecule has 0 radical (unpaired) electrons. The molecule has 0 aromatic carbocycles. The van der Waals surface area contributed by atoms with Gasteiger partial charge in [-0.05, 0) is 55.5 Å². The maximum Gasteiger partial charge on any atom is 0.286 e. The second-order valence-electron chi connectivity index (χ2n) is 6.39. The third-order valence-corrected chi connectivity index (χ3v) is 5.50. The molecule has 2 N–H and O–H groups in total. The van der Waals surface area contributed by atoms with Gasteiger partial charge in [-0.25, -0.2) is 4.39 Å². The van der Waals surface area contributed by atoms with E-state index >= 15 is 0 Å². The van der Waals surface area contributed by atoms with Crippen molar-refractivity contribution in [2.45, 2.75) is 57.5 Å². The first-order valence-electron chi connectivity index (χ1n) is 8.40. The third kappa shape index (κ3) is 4.16. The number of nitrogens with zero attached hydrogens (tertiary/aromatic N) is 1. The highest BCUT2D eigenvalue weighted by molar-refractivity contribution is 8.18. The fourth-order valence-electron chi connectivity index (χ4n) is 3.36. The van der Waals surface area contributed by atoms with E-state index in [-0.39, 0.29) is 11.8 Å². The summed E-state index contributed by atoms with van der Waals surface area (Å²) in [5.41, 5.74) is 6.63. The normalized spacial score (nSPS) is 30.7. The molecule has 0 aromatic heterocycles. The van der Waals surface area contributed by atoms with Crippen LogP contribution in [0.5, 0.6) is 0 Å². The molecule has 0 spiro atoms. The molecule has 0 bridgehead atoms. The SMILES string of the molecule is NC1=NC(=O)/C(=C/C2=C(OCC3CCCCC3F)CCCC2)S1. The monoisotopic (exact) mass is 338 g/mol. The topological polar surface area (TPSA) is 64.7 Å². The van der Waals surface area contributed by atoms with Crippen LogP contribution in [0.25, 0.3) is 0 Å². The zero-order valence-corrected chi connectivity index (χ0v) is 14.0.